The molecule has 0 spiro atoms. The van der Waals surface area contributed by atoms with Gasteiger partial charge in [-0.25, -0.2) is 9.69 Å². The van der Waals surface area contributed by atoms with Gasteiger partial charge in [0.05, 0.1) is 17.9 Å². The number of rotatable bonds is 7. The Hall–Kier alpha value is -3.81. The Kier molecular flexibility index (Phi) is 7.10. The average Bonchev–Trinajstić information content (AvgIpc) is 3.05. The average molecular weight is 511 g/mol. The van der Waals surface area contributed by atoms with Crippen LogP contribution in [-0.2, 0) is 9.59 Å². The van der Waals surface area contributed by atoms with Crippen molar-refractivity contribution < 1.29 is 23.9 Å². The van der Waals surface area contributed by atoms with E-state index in [1.54, 1.807) is 68.4 Å². The Labute approximate surface area is 211 Å². The van der Waals surface area contributed by atoms with Crippen molar-refractivity contribution in [3.8, 4) is 11.5 Å². The van der Waals surface area contributed by atoms with Gasteiger partial charge in [-0.1, -0.05) is 35.3 Å². The van der Waals surface area contributed by atoms with Crippen LogP contribution in [0, 0.1) is 6.92 Å². The van der Waals surface area contributed by atoms with Crippen LogP contribution in [0.5, 0.6) is 11.5 Å². The third kappa shape index (κ3) is 5.01. The lowest BCUT2D eigenvalue weighted by Gasteiger charge is -2.18. The van der Waals surface area contributed by atoms with Crippen LogP contribution < -0.4 is 19.7 Å². The molecular weight excluding hydrogens is 491 g/mol. The minimum absolute atomic E-state index is 0.0740. The maximum Gasteiger partial charge on any atom is 0.343 e. The van der Waals surface area contributed by atoms with Gasteiger partial charge in [-0.3, -0.25) is 9.59 Å². The highest BCUT2D eigenvalue weighted by molar-refractivity contribution is 6.53. The van der Waals surface area contributed by atoms with Crippen LogP contribution in [-0.4, -0.2) is 24.4 Å². The lowest BCUT2D eigenvalue weighted by atomic mass is 10.2. The Bertz CT molecular complexity index is 1350. The molecule has 3 aromatic rings. The van der Waals surface area contributed by atoms with E-state index < -0.39 is 17.8 Å². The molecule has 1 N–H and O–H groups in total. The summed E-state index contributed by atoms with van der Waals surface area (Å²) in [6.07, 6.45) is 0. The van der Waals surface area contributed by atoms with Crippen molar-refractivity contribution in [3.63, 3.8) is 0 Å². The van der Waals surface area contributed by atoms with Gasteiger partial charge in [-0.2, -0.15) is 0 Å². The van der Waals surface area contributed by atoms with Gasteiger partial charge in [0.15, 0.2) is 0 Å². The predicted octanol–water partition coefficient (Wildman–Crippen LogP) is 5.70. The van der Waals surface area contributed by atoms with Crippen LogP contribution in [0.4, 0.5) is 11.4 Å². The van der Waals surface area contributed by atoms with Crippen molar-refractivity contribution in [3.05, 3.63) is 93.6 Å². The highest BCUT2D eigenvalue weighted by atomic mass is 35.5. The van der Waals surface area contributed by atoms with Crippen LogP contribution in [0.2, 0.25) is 5.02 Å². The second-order valence-electron chi connectivity index (χ2n) is 7.54. The molecule has 0 fully saturated rings. The van der Waals surface area contributed by atoms with Gasteiger partial charge < -0.3 is 14.8 Å². The van der Waals surface area contributed by atoms with Gasteiger partial charge in [-0.05, 0) is 74.0 Å². The van der Waals surface area contributed by atoms with E-state index in [9.17, 15) is 14.4 Å². The molecule has 0 aromatic heterocycles. The number of imide groups is 1. The Morgan fingerprint density at radius 1 is 0.943 bits per heavy atom. The smallest absolute Gasteiger partial charge is 0.343 e. The van der Waals surface area contributed by atoms with E-state index in [0.29, 0.717) is 40.1 Å². The standard InChI is InChI=1S/C26H20Cl2N2O5/c1-3-34-21-7-5-4-6-19(21)30-24(31)22(28)23(25(30)32)29-18-11-8-16(9-12-18)26(33)35-20-13-10-17(27)14-15(20)2/h4-14,29H,3H2,1-2H3. The van der Waals surface area contributed by atoms with Crippen LogP contribution in [0.3, 0.4) is 0 Å². The molecule has 9 heteroatoms. The van der Waals surface area contributed by atoms with E-state index in [1.165, 1.54) is 12.1 Å². The second kappa shape index (κ2) is 10.2. The fourth-order valence-corrected chi connectivity index (χ4v) is 3.91. The zero-order valence-electron chi connectivity index (χ0n) is 18.8. The zero-order valence-corrected chi connectivity index (χ0v) is 20.3. The van der Waals surface area contributed by atoms with E-state index in [1.807, 2.05) is 0 Å². The maximum absolute atomic E-state index is 13.1. The SMILES string of the molecule is CCOc1ccccc1N1C(=O)C(Cl)=C(Nc2ccc(C(=O)Oc3ccc(Cl)cc3C)cc2)C1=O. The van der Waals surface area contributed by atoms with Gasteiger partial charge in [0, 0.05) is 10.7 Å². The lowest BCUT2D eigenvalue weighted by Crippen LogP contribution is -2.32. The van der Waals surface area contributed by atoms with Crippen molar-refractivity contribution in [2.45, 2.75) is 13.8 Å². The maximum atomic E-state index is 13.1. The highest BCUT2D eigenvalue weighted by Gasteiger charge is 2.40. The summed E-state index contributed by atoms with van der Waals surface area (Å²) >= 11 is 12.2. The first-order valence-corrected chi connectivity index (χ1v) is 11.4. The summed E-state index contributed by atoms with van der Waals surface area (Å²) in [6.45, 7) is 3.96. The summed E-state index contributed by atoms with van der Waals surface area (Å²) in [7, 11) is 0. The first-order chi connectivity index (χ1) is 16.8. The minimum Gasteiger partial charge on any atom is -0.492 e. The molecule has 1 aliphatic rings. The molecule has 0 saturated carbocycles. The molecule has 3 aromatic carbocycles. The number of carbonyl (C=O) groups is 3. The molecule has 0 radical (unpaired) electrons. The molecule has 0 aliphatic carbocycles. The number of hydrogen-bond acceptors (Lipinski definition) is 6. The molecule has 35 heavy (non-hydrogen) atoms. The predicted molar refractivity (Wildman–Crippen MR) is 134 cm³/mol. The van der Waals surface area contributed by atoms with Crippen molar-refractivity contribution in [2.24, 2.45) is 0 Å². The third-order valence-corrected chi connectivity index (χ3v) is 5.75. The first kappa shape index (κ1) is 24.3. The summed E-state index contributed by atoms with van der Waals surface area (Å²) in [6, 6.07) is 17.9. The largest absolute Gasteiger partial charge is 0.492 e. The number of para-hydroxylation sites is 2. The van der Waals surface area contributed by atoms with E-state index in [-0.39, 0.29) is 10.7 Å². The number of halogens is 2. The normalized spacial score (nSPS) is 13.3. The van der Waals surface area contributed by atoms with Gasteiger partial charge in [0.1, 0.15) is 22.2 Å². The van der Waals surface area contributed by atoms with E-state index in [0.717, 1.165) is 10.5 Å². The summed E-state index contributed by atoms with van der Waals surface area (Å²) < 4.78 is 11.0. The molecule has 0 atom stereocenters. The number of nitrogens with zero attached hydrogens (tertiary/aromatic N) is 1. The number of ether oxygens (including phenoxy) is 2. The number of benzene rings is 3. The quantitative estimate of drug-likeness (QED) is 0.249. The highest BCUT2D eigenvalue weighted by Crippen LogP contribution is 2.35. The number of amides is 2. The monoisotopic (exact) mass is 510 g/mol. The summed E-state index contributed by atoms with van der Waals surface area (Å²) in [5.74, 6) is -1.04. The second-order valence-corrected chi connectivity index (χ2v) is 8.35. The van der Waals surface area contributed by atoms with Crippen LogP contribution >= 0.6 is 23.2 Å². The Balaban J connectivity index is 1.50. The number of anilines is 2. The topological polar surface area (TPSA) is 84.9 Å². The van der Waals surface area contributed by atoms with Crippen LogP contribution in [0.25, 0.3) is 0 Å². The number of aryl methyl sites for hydroxylation is 1. The zero-order chi connectivity index (χ0) is 25.1. The number of carbonyl (C=O) groups excluding carboxylic acids is 3. The van der Waals surface area contributed by atoms with Crippen molar-refractivity contribution in [2.75, 3.05) is 16.8 Å². The Morgan fingerprint density at radius 3 is 2.34 bits per heavy atom. The molecule has 0 bridgehead atoms. The molecule has 178 valence electrons. The molecule has 0 unspecified atom stereocenters. The van der Waals surface area contributed by atoms with Crippen molar-refractivity contribution in [1.29, 1.82) is 0 Å². The fourth-order valence-electron chi connectivity index (χ4n) is 3.47. The molecular formula is C26H20Cl2N2O5. The molecule has 1 aliphatic heterocycles. The van der Waals surface area contributed by atoms with E-state index in [4.69, 9.17) is 32.7 Å². The van der Waals surface area contributed by atoms with Crippen LogP contribution in [0.15, 0.2) is 77.5 Å². The first-order valence-electron chi connectivity index (χ1n) is 10.7. The third-order valence-electron chi connectivity index (χ3n) is 5.16. The van der Waals surface area contributed by atoms with Crippen molar-refractivity contribution in [1.82, 2.24) is 0 Å². The van der Waals surface area contributed by atoms with E-state index in [2.05, 4.69) is 5.32 Å². The summed E-state index contributed by atoms with van der Waals surface area (Å²) in [4.78, 5) is 39.4. The summed E-state index contributed by atoms with van der Waals surface area (Å²) in [5, 5.41) is 3.18. The molecule has 0 saturated heterocycles. The number of esters is 1. The fraction of sp³-hybridized carbons (Fsp3) is 0.115. The van der Waals surface area contributed by atoms with Gasteiger partial charge in [-0.15, -0.1) is 0 Å². The summed E-state index contributed by atoms with van der Waals surface area (Å²) in [5.41, 5.74) is 1.71. The van der Waals surface area contributed by atoms with Gasteiger partial charge >= 0.3 is 5.97 Å². The number of hydrogen-bond donors (Lipinski definition) is 1. The van der Waals surface area contributed by atoms with Gasteiger partial charge in [0.25, 0.3) is 11.8 Å². The molecule has 2 amide bonds. The minimum atomic E-state index is -0.662. The van der Waals surface area contributed by atoms with Crippen LogP contribution in [0.1, 0.15) is 22.8 Å². The molecule has 7 nitrogen and oxygen atoms in total. The molecule has 1 heterocycles. The molecule has 4 rings (SSSR count). The Morgan fingerprint density at radius 2 is 1.66 bits per heavy atom. The number of nitrogens with one attached hydrogen (secondary N) is 1. The lowest BCUT2D eigenvalue weighted by molar-refractivity contribution is -0.120. The van der Waals surface area contributed by atoms with Crippen molar-refractivity contribution >= 4 is 52.4 Å². The van der Waals surface area contributed by atoms with Gasteiger partial charge in [0.2, 0.25) is 0 Å². The van der Waals surface area contributed by atoms with E-state index >= 15 is 0 Å².